The van der Waals surface area contributed by atoms with Gasteiger partial charge in [0, 0.05) is 11.6 Å². The van der Waals surface area contributed by atoms with E-state index in [2.05, 4.69) is 0 Å². The summed E-state index contributed by atoms with van der Waals surface area (Å²) in [6, 6.07) is 4.28. The highest BCUT2D eigenvalue weighted by molar-refractivity contribution is 5.93. The van der Waals surface area contributed by atoms with Crippen LogP contribution in [0.25, 0.3) is 22.3 Å². The third-order valence-electron chi connectivity index (χ3n) is 3.48. The molecule has 0 aliphatic rings. The molecule has 1 aromatic heterocycles. The van der Waals surface area contributed by atoms with E-state index in [4.69, 9.17) is 9.15 Å². The van der Waals surface area contributed by atoms with E-state index in [1.54, 1.807) is 0 Å². The van der Waals surface area contributed by atoms with Gasteiger partial charge in [-0.1, -0.05) is 0 Å². The van der Waals surface area contributed by atoms with Gasteiger partial charge in [-0.05, 0) is 23.9 Å². The van der Waals surface area contributed by atoms with Gasteiger partial charge in [0.2, 0.25) is 5.75 Å². The van der Waals surface area contributed by atoms with E-state index in [1.807, 2.05) is 0 Å². The van der Waals surface area contributed by atoms with Crippen LogP contribution in [0.2, 0.25) is 0 Å². The zero-order valence-electron chi connectivity index (χ0n) is 12.2. The maximum Gasteiger partial charge on any atom is 0.204 e. The molecule has 0 saturated carbocycles. The van der Waals surface area contributed by atoms with Crippen LogP contribution in [0.5, 0.6) is 34.5 Å². The van der Waals surface area contributed by atoms with Gasteiger partial charge in [-0.25, -0.2) is 0 Å². The van der Waals surface area contributed by atoms with E-state index in [0.29, 0.717) is 0 Å². The van der Waals surface area contributed by atoms with Crippen molar-refractivity contribution in [3.8, 4) is 45.8 Å². The molecule has 0 atom stereocenters. The van der Waals surface area contributed by atoms with E-state index < -0.39 is 45.3 Å². The molecule has 24 heavy (non-hydrogen) atoms. The summed E-state index contributed by atoms with van der Waals surface area (Å²) in [6.07, 6.45) is 0. The molecule has 0 amide bonds. The highest BCUT2D eigenvalue weighted by atomic mass is 16.5. The van der Waals surface area contributed by atoms with Gasteiger partial charge < -0.3 is 34.7 Å². The first kappa shape index (κ1) is 15.3. The summed E-state index contributed by atoms with van der Waals surface area (Å²) < 4.78 is 10.3. The minimum atomic E-state index is -1.06. The lowest BCUT2D eigenvalue weighted by atomic mass is 10.1. The molecule has 1 heterocycles. The molecule has 3 aromatic rings. The molecule has 4 N–H and O–H groups in total. The van der Waals surface area contributed by atoms with Crippen molar-refractivity contribution < 1.29 is 34.7 Å². The monoisotopic (exact) mass is 331 g/mol. The van der Waals surface area contributed by atoms with Gasteiger partial charge in [0.25, 0.3) is 0 Å². The molecular formula is C16H11O8-. The number of benzene rings is 2. The zero-order valence-corrected chi connectivity index (χ0v) is 12.2. The Morgan fingerprint density at radius 2 is 1.71 bits per heavy atom. The van der Waals surface area contributed by atoms with Crippen LogP contribution in [-0.4, -0.2) is 27.5 Å². The third kappa shape index (κ3) is 2.12. The van der Waals surface area contributed by atoms with Gasteiger partial charge >= 0.3 is 0 Å². The second-order valence-electron chi connectivity index (χ2n) is 4.95. The summed E-state index contributed by atoms with van der Waals surface area (Å²) in [5, 5.41) is 50.3. The predicted molar refractivity (Wildman–Crippen MR) is 80.6 cm³/mol. The number of hydrogen-bond acceptors (Lipinski definition) is 8. The van der Waals surface area contributed by atoms with Crippen LogP contribution in [0.3, 0.4) is 0 Å². The molecule has 0 spiro atoms. The second-order valence-corrected chi connectivity index (χ2v) is 4.95. The first-order valence-corrected chi connectivity index (χ1v) is 6.64. The number of ether oxygens (including phenoxy) is 1. The summed E-state index contributed by atoms with van der Waals surface area (Å²) in [6.45, 7) is 0. The highest BCUT2D eigenvalue weighted by Gasteiger charge is 2.20. The minimum Gasteiger partial charge on any atom is -0.867 e. The number of hydrogen-bond donors (Lipinski definition) is 4. The fourth-order valence-electron chi connectivity index (χ4n) is 2.35. The molecule has 0 saturated heterocycles. The van der Waals surface area contributed by atoms with E-state index in [9.17, 15) is 30.3 Å². The Hall–Kier alpha value is -3.55. The number of rotatable bonds is 2. The van der Waals surface area contributed by atoms with Crippen LogP contribution in [0.15, 0.2) is 33.5 Å². The van der Waals surface area contributed by atoms with Crippen molar-refractivity contribution >= 4 is 11.0 Å². The highest BCUT2D eigenvalue weighted by Crippen LogP contribution is 2.42. The van der Waals surface area contributed by atoms with Crippen LogP contribution < -0.4 is 15.3 Å². The quantitative estimate of drug-likeness (QED) is 0.515. The Kier molecular flexibility index (Phi) is 3.37. The van der Waals surface area contributed by atoms with Gasteiger partial charge in [0.15, 0.2) is 28.3 Å². The maximum absolute atomic E-state index is 12.3. The molecule has 0 unspecified atom stereocenters. The molecule has 8 heteroatoms. The molecule has 0 radical (unpaired) electrons. The van der Waals surface area contributed by atoms with Crippen LogP contribution in [0, 0.1) is 0 Å². The van der Waals surface area contributed by atoms with Crippen molar-refractivity contribution in [1.82, 2.24) is 0 Å². The summed E-state index contributed by atoms with van der Waals surface area (Å²) in [7, 11) is 1.21. The molecular weight excluding hydrogens is 320 g/mol. The standard InChI is InChI=1S/C16H12O8/c1-23-15-10(20)5-9(19)11-12(21)13(22)14(24-16(11)15)6-2-3-7(17)8(18)4-6/h2-5,17-20,22H,1H3/p-1. The van der Waals surface area contributed by atoms with Crippen molar-refractivity contribution in [2.45, 2.75) is 0 Å². The number of fused-ring (bicyclic) bond motifs is 1. The van der Waals surface area contributed by atoms with Gasteiger partial charge in [-0.3, -0.25) is 4.79 Å². The van der Waals surface area contributed by atoms with E-state index in [-0.39, 0.29) is 16.9 Å². The van der Waals surface area contributed by atoms with E-state index in [1.165, 1.54) is 13.2 Å². The first-order valence-electron chi connectivity index (χ1n) is 6.64. The van der Waals surface area contributed by atoms with Crippen molar-refractivity contribution in [1.29, 1.82) is 0 Å². The fourth-order valence-corrected chi connectivity index (χ4v) is 2.35. The lowest BCUT2D eigenvalue weighted by Gasteiger charge is -2.16. The molecule has 0 aliphatic heterocycles. The molecule has 124 valence electrons. The summed E-state index contributed by atoms with van der Waals surface area (Å²) in [4.78, 5) is 12.3. The Morgan fingerprint density at radius 1 is 1.00 bits per heavy atom. The van der Waals surface area contributed by atoms with Crippen LogP contribution in [-0.2, 0) is 0 Å². The average molecular weight is 331 g/mol. The van der Waals surface area contributed by atoms with Crippen LogP contribution >= 0.6 is 0 Å². The summed E-state index contributed by atoms with van der Waals surface area (Å²) >= 11 is 0. The lowest BCUT2D eigenvalue weighted by Crippen LogP contribution is -2.12. The van der Waals surface area contributed by atoms with E-state index in [0.717, 1.165) is 18.2 Å². The number of phenolic OH excluding ortho intramolecular Hbond substituents is 4. The van der Waals surface area contributed by atoms with Crippen molar-refractivity contribution in [2.24, 2.45) is 0 Å². The van der Waals surface area contributed by atoms with Gasteiger partial charge in [0.05, 0.1) is 7.11 Å². The Morgan fingerprint density at radius 3 is 2.33 bits per heavy atom. The summed E-state index contributed by atoms with van der Waals surface area (Å²) in [5.74, 6) is -3.77. The fraction of sp³-hybridized carbons (Fsp3) is 0.0625. The van der Waals surface area contributed by atoms with Crippen LogP contribution in [0.1, 0.15) is 0 Å². The summed E-state index contributed by atoms with van der Waals surface area (Å²) in [5.41, 5.74) is -1.35. The zero-order chi connectivity index (χ0) is 17.6. The maximum atomic E-state index is 12.3. The molecule has 0 bridgehead atoms. The topological polar surface area (TPSA) is 143 Å². The molecule has 3 rings (SSSR count). The normalized spacial score (nSPS) is 10.9. The molecule has 2 aromatic carbocycles. The van der Waals surface area contributed by atoms with Gasteiger partial charge in [0.1, 0.15) is 16.9 Å². The largest absolute Gasteiger partial charge is 0.867 e. The van der Waals surface area contributed by atoms with E-state index >= 15 is 0 Å². The second kappa shape index (κ2) is 5.27. The lowest BCUT2D eigenvalue weighted by molar-refractivity contribution is -0.270. The minimum absolute atomic E-state index is 0.0270. The Bertz CT molecular complexity index is 1020. The average Bonchev–Trinajstić information content (AvgIpc) is 2.53. The van der Waals surface area contributed by atoms with Gasteiger partial charge in [-0.2, -0.15) is 0 Å². The SMILES string of the molecule is COc1c(O)cc(O)c2c(=O)c([O-])c(-c3ccc(O)c(O)c3)oc12. The molecule has 0 aliphatic carbocycles. The van der Waals surface area contributed by atoms with Crippen molar-refractivity contribution in [2.75, 3.05) is 7.11 Å². The third-order valence-corrected chi connectivity index (χ3v) is 3.48. The van der Waals surface area contributed by atoms with Gasteiger partial charge in [-0.15, -0.1) is 0 Å². The molecule has 0 fully saturated rings. The first-order chi connectivity index (χ1) is 11.3. The number of aromatic hydroxyl groups is 4. The molecule has 8 nitrogen and oxygen atoms in total. The smallest absolute Gasteiger partial charge is 0.204 e. The Labute approximate surface area is 134 Å². The number of methoxy groups -OCH3 is 1. The predicted octanol–water partition coefficient (Wildman–Crippen LogP) is 1.36. The van der Waals surface area contributed by atoms with Crippen molar-refractivity contribution in [3.63, 3.8) is 0 Å². The van der Waals surface area contributed by atoms with Crippen LogP contribution in [0.4, 0.5) is 0 Å². The van der Waals surface area contributed by atoms with Crippen molar-refractivity contribution in [3.05, 3.63) is 34.5 Å². The Balaban J connectivity index is 2.44. The number of phenols is 4.